The van der Waals surface area contributed by atoms with E-state index >= 15 is 0 Å². The van der Waals surface area contributed by atoms with Crippen molar-refractivity contribution in [3.8, 4) is 0 Å². The number of aromatic nitrogens is 2. The minimum absolute atomic E-state index is 0.0997. The van der Waals surface area contributed by atoms with Gasteiger partial charge in [0.2, 0.25) is 0 Å². The van der Waals surface area contributed by atoms with Gasteiger partial charge in [-0.05, 0) is 38.7 Å². The Hall–Kier alpha value is -0.970. The topological polar surface area (TPSA) is 55.1 Å². The van der Waals surface area contributed by atoms with E-state index in [1.165, 1.54) is 24.6 Å². The van der Waals surface area contributed by atoms with Gasteiger partial charge in [0.05, 0.1) is 22.5 Å². The lowest BCUT2D eigenvalue weighted by Gasteiger charge is -2.13. The van der Waals surface area contributed by atoms with Crippen LogP contribution in [0.25, 0.3) is 0 Å². The quantitative estimate of drug-likeness (QED) is 0.803. The summed E-state index contributed by atoms with van der Waals surface area (Å²) in [7, 11) is 0. The first-order valence-corrected chi connectivity index (χ1v) is 6.47. The van der Waals surface area contributed by atoms with Gasteiger partial charge in [-0.3, -0.25) is 9.48 Å². The Bertz CT molecular complexity index is 399. The number of carbonyl (C=O) groups is 1. The Kier molecular flexibility index (Phi) is 3.23. The Labute approximate surface area is 99.0 Å². The molecule has 1 N–H and O–H groups in total. The summed E-state index contributed by atoms with van der Waals surface area (Å²) in [4.78, 5) is 10.6. The largest absolute Gasteiger partial charge is 0.481 e. The van der Waals surface area contributed by atoms with Gasteiger partial charge in [0.15, 0.2) is 0 Å². The van der Waals surface area contributed by atoms with E-state index in [1.54, 1.807) is 0 Å². The number of aryl methyl sites for hydroxylation is 1. The van der Waals surface area contributed by atoms with Crippen molar-refractivity contribution in [3.05, 3.63) is 11.8 Å². The number of rotatable bonds is 5. The maximum Gasteiger partial charge on any atom is 0.313 e. The Morgan fingerprint density at radius 3 is 3.00 bits per heavy atom. The Balaban J connectivity index is 2.12. The molecular weight excluding hydrogens is 224 g/mol. The molecule has 0 aromatic carbocycles. The molecule has 0 bridgehead atoms. The van der Waals surface area contributed by atoms with Crippen LogP contribution in [0.2, 0.25) is 0 Å². The van der Waals surface area contributed by atoms with Crippen LogP contribution in [0.5, 0.6) is 0 Å². The van der Waals surface area contributed by atoms with Crippen LogP contribution in [0.15, 0.2) is 11.1 Å². The van der Waals surface area contributed by atoms with Gasteiger partial charge in [-0.25, -0.2) is 0 Å². The van der Waals surface area contributed by atoms with Crippen molar-refractivity contribution in [2.75, 3.05) is 5.75 Å². The zero-order chi connectivity index (χ0) is 11.7. The highest BCUT2D eigenvalue weighted by Crippen LogP contribution is 2.40. The van der Waals surface area contributed by atoms with Crippen LogP contribution in [0.3, 0.4) is 0 Å². The lowest BCUT2D eigenvalue weighted by molar-refractivity contribution is -0.133. The normalized spacial score (nSPS) is 17.4. The van der Waals surface area contributed by atoms with E-state index < -0.39 is 5.97 Å². The number of thioether (sulfide) groups is 1. The highest BCUT2D eigenvalue weighted by atomic mass is 32.2. The van der Waals surface area contributed by atoms with Gasteiger partial charge in [-0.2, -0.15) is 5.10 Å². The molecule has 0 aliphatic heterocycles. The molecule has 1 aromatic rings. The fraction of sp³-hybridized carbons (Fsp3) is 0.636. The van der Waals surface area contributed by atoms with E-state index in [1.807, 2.05) is 17.7 Å². The monoisotopic (exact) mass is 240 g/mol. The summed E-state index contributed by atoms with van der Waals surface area (Å²) >= 11 is 1.35. The second-order valence-electron chi connectivity index (χ2n) is 4.33. The average molecular weight is 240 g/mol. The summed E-state index contributed by atoms with van der Waals surface area (Å²) in [5.41, 5.74) is 0.959. The summed E-state index contributed by atoms with van der Waals surface area (Å²) in [6.07, 6.45) is 2.53. The van der Waals surface area contributed by atoms with E-state index in [9.17, 15) is 4.79 Å². The van der Waals surface area contributed by atoms with Crippen molar-refractivity contribution in [3.63, 3.8) is 0 Å². The van der Waals surface area contributed by atoms with Crippen LogP contribution in [0.1, 0.15) is 31.5 Å². The zero-order valence-electron chi connectivity index (χ0n) is 9.51. The van der Waals surface area contributed by atoms with Gasteiger partial charge in [0.1, 0.15) is 0 Å². The SMILES string of the molecule is Cc1cc(SCC(=O)O)n(C(C)C2CC2)n1. The van der Waals surface area contributed by atoms with Crippen molar-refractivity contribution >= 4 is 17.7 Å². The van der Waals surface area contributed by atoms with Gasteiger partial charge >= 0.3 is 5.97 Å². The minimum Gasteiger partial charge on any atom is -0.481 e. The number of carboxylic acids is 1. The summed E-state index contributed by atoms with van der Waals surface area (Å²) in [5.74, 6) is 0.0423. The molecule has 5 heteroatoms. The number of nitrogens with zero attached hydrogens (tertiary/aromatic N) is 2. The van der Waals surface area contributed by atoms with E-state index in [4.69, 9.17) is 5.11 Å². The molecule has 0 spiro atoms. The molecule has 88 valence electrons. The van der Waals surface area contributed by atoms with E-state index in [0.717, 1.165) is 16.6 Å². The second kappa shape index (κ2) is 4.49. The van der Waals surface area contributed by atoms with E-state index in [0.29, 0.717) is 6.04 Å². The predicted molar refractivity (Wildman–Crippen MR) is 62.8 cm³/mol. The lowest BCUT2D eigenvalue weighted by Crippen LogP contribution is -2.11. The first kappa shape index (κ1) is 11.5. The Morgan fingerprint density at radius 1 is 1.75 bits per heavy atom. The van der Waals surface area contributed by atoms with Gasteiger partial charge < -0.3 is 5.11 Å². The summed E-state index contributed by atoms with van der Waals surface area (Å²) in [5, 5.41) is 14.1. The van der Waals surface area contributed by atoms with Gasteiger partial charge in [-0.15, -0.1) is 0 Å². The number of carboxylic acid groups (broad SMARTS) is 1. The highest BCUT2D eigenvalue weighted by molar-refractivity contribution is 7.99. The first-order chi connectivity index (χ1) is 7.58. The van der Waals surface area contributed by atoms with Crippen LogP contribution in [0, 0.1) is 12.8 Å². The fourth-order valence-electron chi connectivity index (χ4n) is 1.81. The molecule has 1 aliphatic rings. The molecule has 0 radical (unpaired) electrons. The molecule has 2 rings (SSSR count). The molecule has 1 saturated carbocycles. The van der Waals surface area contributed by atoms with E-state index in [2.05, 4.69) is 12.0 Å². The second-order valence-corrected chi connectivity index (χ2v) is 5.32. The third kappa shape index (κ3) is 2.58. The summed E-state index contributed by atoms with van der Waals surface area (Å²) in [6, 6.07) is 2.36. The number of aliphatic carboxylic acids is 1. The summed E-state index contributed by atoms with van der Waals surface area (Å²) in [6.45, 7) is 4.11. The van der Waals surface area contributed by atoms with Crippen LogP contribution >= 0.6 is 11.8 Å². The molecule has 4 nitrogen and oxygen atoms in total. The van der Waals surface area contributed by atoms with Crippen LogP contribution in [-0.2, 0) is 4.79 Å². The van der Waals surface area contributed by atoms with Crippen LogP contribution < -0.4 is 0 Å². The van der Waals surface area contributed by atoms with Crippen molar-refractivity contribution in [2.45, 2.75) is 37.8 Å². The lowest BCUT2D eigenvalue weighted by atomic mass is 10.2. The molecule has 1 aromatic heterocycles. The van der Waals surface area contributed by atoms with E-state index in [-0.39, 0.29) is 5.75 Å². The Morgan fingerprint density at radius 2 is 2.44 bits per heavy atom. The maximum atomic E-state index is 10.6. The van der Waals surface area contributed by atoms with Crippen LogP contribution in [-0.4, -0.2) is 26.6 Å². The molecule has 0 amide bonds. The molecule has 1 unspecified atom stereocenters. The molecule has 16 heavy (non-hydrogen) atoms. The first-order valence-electron chi connectivity index (χ1n) is 5.48. The summed E-state index contributed by atoms with van der Waals surface area (Å²) < 4.78 is 1.99. The number of hydrogen-bond donors (Lipinski definition) is 1. The van der Waals surface area contributed by atoms with Crippen LogP contribution in [0.4, 0.5) is 0 Å². The minimum atomic E-state index is -0.783. The molecule has 1 heterocycles. The molecule has 1 aliphatic carbocycles. The third-order valence-electron chi connectivity index (χ3n) is 2.86. The standard InChI is InChI=1S/C11H16N2O2S/c1-7-5-10(16-6-11(14)15)13(12-7)8(2)9-3-4-9/h5,8-9H,3-4,6H2,1-2H3,(H,14,15). The molecule has 1 fully saturated rings. The van der Waals surface area contributed by atoms with Crippen molar-refractivity contribution in [2.24, 2.45) is 5.92 Å². The molecule has 0 saturated heterocycles. The molecular formula is C11H16N2O2S. The predicted octanol–water partition coefficient (Wildman–Crippen LogP) is 2.34. The van der Waals surface area contributed by atoms with Gasteiger partial charge in [-0.1, -0.05) is 11.8 Å². The van der Waals surface area contributed by atoms with Gasteiger partial charge in [0.25, 0.3) is 0 Å². The third-order valence-corrected chi connectivity index (χ3v) is 3.85. The zero-order valence-corrected chi connectivity index (χ0v) is 10.3. The fourth-order valence-corrected chi connectivity index (χ4v) is 2.67. The van der Waals surface area contributed by atoms with Gasteiger partial charge in [0, 0.05) is 0 Å². The highest BCUT2D eigenvalue weighted by Gasteiger charge is 2.30. The maximum absolute atomic E-state index is 10.6. The molecule has 1 atom stereocenters. The smallest absolute Gasteiger partial charge is 0.313 e. The van der Waals surface area contributed by atoms with Crippen molar-refractivity contribution < 1.29 is 9.90 Å². The average Bonchev–Trinajstić information content (AvgIpc) is 2.98. The van der Waals surface area contributed by atoms with Crippen molar-refractivity contribution in [1.29, 1.82) is 0 Å². The number of hydrogen-bond acceptors (Lipinski definition) is 3. The van der Waals surface area contributed by atoms with Crippen molar-refractivity contribution in [1.82, 2.24) is 9.78 Å².